The summed E-state index contributed by atoms with van der Waals surface area (Å²) >= 11 is 0. The Kier molecular flexibility index (Phi) is 5.50. The zero-order chi connectivity index (χ0) is 16.2. The lowest BCUT2D eigenvalue weighted by Gasteiger charge is -2.42. The van der Waals surface area contributed by atoms with Crippen LogP contribution in [0.4, 0.5) is 8.78 Å². The lowest BCUT2D eigenvalue weighted by Crippen LogP contribution is -2.30. The first kappa shape index (κ1) is 16.7. The van der Waals surface area contributed by atoms with Gasteiger partial charge in [-0.1, -0.05) is 18.6 Å². The van der Waals surface area contributed by atoms with Crippen LogP contribution in [0.15, 0.2) is 30.4 Å². The van der Waals surface area contributed by atoms with Gasteiger partial charge in [0.05, 0.1) is 0 Å². The second-order valence-electron chi connectivity index (χ2n) is 7.56. The molecule has 0 N–H and O–H groups in total. The van der Waals surface area contributed by atoms with E-state index in [1.807, 2.05) is 0 Å². The molecule has 0 aliphatic heterocycles. The summed E-state index contributed by atoms with van der Waals surface area (Å²) in [5.74, 6) is 1.97. The molecule has 2 fully saturated rings. The summed E-state index contributed by atoms with van der Waals surface area (Å²) in [5, 5.41) is 0. The average Bonchev–Trinajstić information content (AvgIpc) is 2.53. The van der Waals surface area contributed by atoms with Gasteiger partial charge < -0.3 is 0 Å². The maximum absolute atomic E-state index is 13.5. The second-order valence-corrected chi connectivity index (χ2v) is 7.56. The van der Waals surface area contributed by atoms with E-state index in [4.69, 9.17) is 0 Å². The lowest BCUT2D eigenvalue weighted by molar-refractivity contribution is 0.115. The van der Waals surface area contributed by atoms with Crippen molar-refractivity contribution < 1.29 is 8.78 Å². The van der Waals surface area contributed by atoms with Crippen LogP contribution in [0.3, 0.4) is 0 Å². The van der Waals surface area contributed by atoms with Gasteiger partial charge in [-0.25, -0.2) is 8.78 Å². The van der Waals surface area contributed by atoms with Gasteiger partial charge in [0.2, 0.25) is 0 Å². The van der Waals surface area contributed by atoms with Crippen molar-refractivity contribution in [3.8, 4) is 0 Å². The number of benzene rings is 1. The Morgan fingerprint density at radius 1 is 0.957 bits per heavy atom. The molecule has 0 spiro atoms. The fourth-order valence-electron chi connectivity index (χ4n) is 4.86. The smallest absolute Gasteiger partial charge is 0.126 e. The quantitative estimate of drug-likeness (QED) is 0.547. The molecule has 2 heteroatoms. The minimum Gasteiger partial charge on any atom is -0.207 e. The molecule has 2 aliphatic rings. The van der Waals surface area contributed by atoms with Crippen molar-refractivity contribution in [2.45, 2.75) is 64.2 Å². The molecule has 0 amide bonds. The molecule has 126 valence electrons. The molecule has 1 aromatic rings. The van der Waals surface area contributed by atoms with Crippen LogP contribution in [0.25, 0.3) is 0 Å². The SMILES string of the molecule is CC=CCC[C@@H]1CC[C@@H]2CC(c3cc(F)cc(F)c3)CC[C@@H]2C1. The minimum atomic E-state index is -0.435. The van der Waals surface area contributed by atoms with E-state index < -0.39 is 11.6 Å². The van der Waals surface area contributed by atoms with Crippen LogP contribution in [0.2, 0.25) is 0 Å². The first-order chi connectivity index (χ1) is 11.2. The average molecular weight is 318 g/mol. The molecule has 0 nitrogen and oxygen atoms in total. The van der Waals surface area contributed by atoms with E-state index in [2.05, 4.69) is 19.1 Å². The van der Waals surface area contributed by atoms with Crippen LogP contribution in [0, 0.1) is 29.4 Å². The molecule has 0 aromatic heterocycles. The lowest BCUT2D eigenvalue weighted by atomic mass is 9.63. The van der Waals surface area contributed by atoms with Gasteiger partial charge in [-0.15, -0.1) is 0 Å². The van der Waals surface area contributed by atoms with Gasteiger partial charge in [0.25, 0.3) is 0 Å². The molecule has 1 unspecified atom stereocenters. The van der Waals surface area contributed by atoms with Crippen molar-refractivity contribution >= 4 is 0 Å². The molecule has 0 heterocycles. The number of hydrogen-bond acceptors (Lipinski definition) is 0. The van der Waals surface area contributed by atoms with Crippen molar-refractivity contribution in [3.05, 3.63) is 47.5 Å². The highest BCUT2D eigenvalue weighted by atomic mass is 19.1. The standard InChI is InChI=1S/C21H28F2/c1-2-3-4-5-15-6-7-17-11-18(9-8-16(17)10-15)19-12-20(22)14-21(23)13-19/h2-3,12-18H,4-11H2,1H3/t15-,16-,17-,18?/m1/s1. The number of halogens is 2. The van der Waals surface area contributed by atoms with Gasteiger partial charge in [0.1, 0.15) is 11.6 Å². The Morgan fingerprint density at radius 2 is 1.65 bits per heavy atom. The Bertz CT molecular complexity index is 529. The number of allylic oxidation sites excluding steroid dienone is 2. The topological polar surface area (TPSA) is 0 Å². The Labute approximate surface area is 139 Å². The maximum Gasteiger partial charge on any atom is 0.126 e. The molecule has 0 saturated heterocycles. The van der Waals surface area contributed by atoms with E-state index in [9.17, 15) is 8.78 Å². The van der Waals surface area contributed by atoms with Crippen LogP contribution in [0.5, 0.6) is 0 Å². The molecule has 4 atom stereocenters. The van der Waals surface area contributed by atoms with E-state index in [1.54, 1.807) is 0 Å². The van der Waals surface area contributed by atoms with Crippen LogP contribution < -0.4 is 0 Å². The van der Waals surface area contributed by atoms with Crippen molar-refractivity contribution in [2.24, 2.45) is 17.8 Å². The van der Waals surface area contributed by atoms with Crippen molar-refractivity contribution in [3.63, 3.8) is 0 Å². The summed E-state index contributed by atoms with van der Waals surface area (Å²) in [4.78, 5) is 0. The van der Waals surface area contributed by atoms with Gasteiger partial charge in [-0.05, 0) is 93.2 Å². The highest BCUT2D eigenvalue weighted by molar-refractivity contribution is 5.22. The summed E-state index contributed by atoms with van der Waals surface area (Å²) < 4.78 is 26.9. The summed E-state index contributed by atoms with van der Waals surface area (Å²) in [6.07, 6.45) is 14.4. The molecule has 0 bridgehead atoms. The zero-order valence-corrected chi connectivity index (χ0v) is 14.1. The van der Waals surface area contributed by atoms with Crippen LogP contribution >= 0.6 is 0 Å². The fraction of sp³-hybridized carbons (Fsp3) is 0.619. The number of rotatable bonds is 4. The van der Waals surface area contributed by atoms with E-state index >= 15 is 0 Å². The Hall–Kier alpha value is -1.18. The molecular formula is C21H28F2. The van der Waals surface area contributed by atoms with Crippen molar-refractivity contribution in [1.29, 1.82) is 0 Å². The fourth-order valence-corrected chi connectivity index (χ4v) is 4.86. The predicted molar refractivity (Wildman–Crippen MR) is 91.3 cm³/mol. The Balaban J connectivity index is 1.58. The maximum atomic E-state index is 13.5. The highest BCUT2D eigenvalue weighted by Gasteiger charge is 2.35. The third kappa shape index (κ3) is 4.22. The van der Waals surface area contributed by atoms with Crippen LogP contribution in [-0.2, 0) is 0 Å². The molecular weight excluding hydrogens is 290 g/mol. The summed E-state index contributed by atoms with van der Waals surface area (Å²) in [5.41, 5.74) is 0.871. The summed E-state index contributed by atoms with van der Waals surface area (Å²) in [6.45, 7) is 2.09. The van der Waals surface area contributed by atoms with E-state index in [-0.39, 0.29) is 0 Å². The van der Waals surface area contributed by atoms with E-state index in [1.165, 1.54) is 50.7 Å². The third-order valence-corrected chi connectivity index (χ3v) is 6.06. The second kappa shape index (κ2) is 7.59. The van der Waals surface area contributed by atoms with Crippen LogP contribution in [0.1, 0.15) is 69.8 Å². The largest absolute Gasteiger partial charge is 0.207 e. The van der Waals surface area contributed by atoms with Gasteiger partial charge >= 0.3 is 0 Å². The van der Waals surface area contributed by atoms with Crippen molar-refractivity contribution in [1.82, 2.24) is 0 Å². The van der Waals surface area contributed by atoms with Gasteiger partial charge in [-0.2, -0.15) is 0 Å². The Morgan fingerprint density at radius 3 is 2.39 bits per heavy atom. The molecule has 2 saturated carbocycles. The third-order valence-electron chi connectivity index (χ3n) is 6.06. The van der Waals surface area contributed by atoms with E-state index in [0.29, 0.717) is 5.92 Å². The number of hydrogen-bond donors (Lipinski definition) is 0. The highest BCUT2D eigenvalue weighted by Crippen LogP contribution is 2.48. The summed E-state index contributed by atoms with van der Waals surface area (Å²) in [7, 11) is 0. The van der Waals surface area contributed by atoms with Crippen LogP contribution in [-0.4, -0.2) is 0 Å². The normalized spacial score (nSPS) is 31.3. The van der Waals surface area contributed by atoms with Gasteiger partial charge in [-0.3, -0.25) is 0 Å². The molecule has 0 radical (unpaired) electrons. The summed E-state index contributed by atoms with van der Waals surface area (Å²) in [6, 6.07) is 4.05. The first-order valence-electron chi connectivity index (χ1n) is 9.23. The molecule has 23 heavy (non-hydrogen) atoms. The molecule has 2 aliphatic carbocycles. The zero-order valence-electron chi connectivity index (χ0n) is 14.1. The molecule has 1 aromatic carbocycles. The minimum absolute atomic E-state index is 0.348. The van der Waals surface area contributed by atoms with Gasteiger partial charge in [0, 0.05) is 6.07 Å². The molecule has 3 rings (SSSR count). The van der Waals surface area contributed by atoms with Crippen molar-refractivity contribution in [2.75, 3.05) is 0 Å². The predicted octanol–water partition coefficient (Wildman–Crippen LogP) is 6.62. The van der Waals surface area contributed by atoms with Gasteiger partial charge in [0.15, 0.2) is 0 Å². The number of fused-ring (bicyclic) bond motifs is 1. The van der Waals surface area contributed by atoms with E-state index in [0.717, 1.165) is 42.2 Å². The monoisotopic (exact) mass is 318 g/mol. The first-order valence-corrected chi connectivity index (χ1v) is 9.23.